The summed E-state index contributed by atoms with van der Waals surface area (Å²) in [5, 5.41) is 0. The van der Waals surface area contributed by atoms with E-state index in [0.717, 1.165) is 24.0 Å². The topological polar surface area (TPSA) is 29.5 Å². The first kappa shape index (κ1) is 16.5. The van der Waals surface area contributed by atoms with Gasteiger partial charge in [0.25, 0.3) is 0 Å². The summed E-state index contributed by atoms with van der Waals surface area (Å²) < 4.78 is 5.85. The van der Waals surface area contributed by atoms with Crippen molar-refractivity contribution in [3.05, 3.63) is 77.4 Å². The number of carbonyl (C=O) groups excluding carboxylic acids is 1. The number of benzene rings is 2. The lowest BCUT2D eigenvalue weighted by molar-refractivity contribution is -0.147. The van der Waals surface area contributed by atoms with Crippen LogP contribution < -0.4 is 0 Å². The second kappa shape index (κ2) is 7.45. The van der Waals surface area contributed by atoms with Gasteiger partial charge in [0.05, 0.1) is 6.04 Å². The minimum atomic E-state index is -0.299. The number of carbonyl (C=O) groups is 1. The third-order valence-electron chi connectivity index (χ3n) is 4.54. The van der Waals surface area contributed by atoms with E-state index < -0.39 is 0 Å². The van der Waals surface area contributed by atoms with Gasteiger partial charge < -0.3 is 9.64 Å². The SMILES string of the molecule is CN(C)C1CCc2ccccc2C1OC(=O)/C=C/c1ccccc1. The summed E-state index contributed by atoms with van der Waals surface area (Å²) in [6.07, 6.45) is 5.09. The molecule has 0 N–H and O–H groups in total. The molecule has 1 aliphatic rings. The molecule has 0 aliphatic heterocycles. The van der Waals surface area contributed by atoms with Crippen molar-refractivity contribution in [2.75, 3.05) is 14.1 Å². The lowest BCUT2D eigenvalue weighted by Gasteiger charge is -2.36. The van der Waals surface area contributed by atoms with Gasteiger partial charge in [-0.05, 0) is 49.7 Å². The Bertz CT molecular complexity index is 722. The molecule has 2 aromatic carbocycles. The summed E-state index contributed by atoms with van der Waals surface area (Å²) in [7, 11) is 4.08. The van der Waals surface area contributed by atoms with E-state index in [4.69, 9.17) is 4.74 Å². The minimum absolute atomic E-state index is 0.203. The number of nitrogens with zero attached hydrogens (tertiary/aromatic N) is 1. The van der Waals surface area contributed by atoms with E-state index in [-0.39, 0.29) is 18.1 Å². The molecule has 0 bridgehead atoms. The summed E-state index contributed by atoms with van der Waals surface area (Å²) in [6.45, 7) is 0. The molecule has 2 unspecified atom stereocenters. The third kappa shape index (κ3) is 3.74. The van der Waals surface area contributed by atoms with Crippen LogP contribution in [0, 0.1) is 0 Å². The van der Waals surface area contributed by atoms with Crippen LogP contribution in [0.2, 0.25) is 0 Å². The van der Waals surface area contributed by atoms with Crippen molar-refractivity contribution in [1.29, 1.82) is 0 Å². The Morgan fingerprint density at radius 1 is 1.08 bits per heavy atom. The van der Waals surface area contributed by atoms with Gasteiger partial charge in [-0.3, -0.25) is 0 Å². The molecule has 0 radical (unpaired) electrons. The van der Waals surface area contributed by atoms with Gasteiger partial charge in [-0.2, -0.15) is 0 Å². The van der Waals surface area contributed by atoms with Gasteiger partial charge in [0, 0.05) is 6.08 Å². The molecular formula is C21H23NO2. The zero-order valence-electron chi connectivity index (χ0n) is 14.2. The second-order valence-corrected chi connectivity index (χ2v) is 6.37. The molecule has 3 nitrogen and oxygen atoms in total. The van der Waals surface area contributed by atoms with E-state index in [2.05, 4.69) is 17.0 Å². The largest absolute Gasteiger partial charge is 0.453 e. The highest BCUT2D eigenvalue weighted by atomic mass is 16.5. The number of aryl methyl sites for hydroxylation is 1. The molecule has 3 rings (SSSR count). The fourth-order valence-electron chi connectivity index (χ4n) is 3.27. The molecule has 0 amide bonds. The predicted molar refractivity (Wildman–Crippen MR) is 96.5 cm³/mol. The highest BCUT2D eigenvalue weighted by Crippen LogP contribution is 2.35. The summed E-state index contributed by atoms with van der Waals surface area (Å²) in [5.74, 6) is -0.299. The van der Waals surface area contributed by atoms with Gasteiger partial charge in [0.15, 0.2) is 0 Å². The monoisotopic (exact) mass is 321 g/mol. The number of likely N-dealkylation sites (N-methyl/N-ethyl adjacent to an activating group) is 1. The van der Waals surface area contributed by atoms with Crippen LogP contribution in [0.3, 0.4) is 0 Å². The van der Waals surface area contributed by atoms with E-state index in [0.29, 0.717) is 0 Å². The molecule has 0 spiro atoms. The first-order valence-corrected chi connectivity index (χ1v) is 8.33. The molecule has 124 valence electrons. The highest BCUT2D eigenvalue weighted by Gasteiger charge is 2.33. The van der Waals surface area contributed by atoms with Gasteiger partial charge in [0.1, 0.15) is 6.10 Å². The third-order valence-corrected chi connectivity index (χ3v) is 4.54. The molecule has 3 heteroatoms. The van der Waals surface area contributed by atoms with Gasteiger partial charge in [-0.25, -0.2) is 4.79 Å². The Balaban J connectivity index is 1.78. The van der Waals surface area contributed by atoms with E-state index >= 15 is 0 Å². The van der Waals surface area contributed by atoms with Crippen LogP contribution in [-0.4, -0.2) is 31.0 Å². The quantitative estimate of drug-likeness (QED) is 0.632. The van der Waals surface area contributed by atoms with Crippen molar-refractivity contribution in [3.8, 4) is 0 Å². The van der Waals surface area contributed by atoms with Gasteiger partial charge in [-0.1, -0.05) is 54.6 Å². The van der Waals surface area contributed by atoms with E-state index in [1.165, 1.54) is 11.6 Å². The molecule has 0 saturated carbocycles. The van der Waals surface area contributed by atoms with Crippen LogP contribution in [-0.2, 0) is 16.0 Å². The normalized spacial score (nSPS) is 20.1. The first-order chi connectivity index (χ1) is 11.6. The van der Waals surface area contributed by atoms with Crippen molar-refractivity contribution in [2.45, 2.75) is 25.0 Å². The first-order valence-electron chi connectivity index (χ1n) is 8.33. The number of fused-ring (bicyclic) bond motifs is 1. The highest BCUT2D eigenvalue weighted by molar-refractivity contribution is 5.87. The lowest BCUT2D eigenvalue weighted by atomic mass is 9.85. The van der Waals surface area contributed by atoms with Crippen LogP contribution in [0.1, 0.15) is 29.2 Å². The Morgan fingerprint density at radius 3 is 2.54 bits per heavy atom. The van der Waals surface area contributed by atoms with Crippen molar-refractivity contribution in [2.24, 2.45) is 0 Å². The Kier molecular flexibility index (Phi) is 5.11. The number of hydrogen-bond acceptors (Lipinski definition) is 3. The molecule has 0 fully saturated rings. The molecule has 0 saturated heterocycles. The maximum atomic E-state index is 12.3. The van der Waals surface area contributed by atoms with E-state index in [1.807, 2.05) is 56.6 Å². The molecule has 24 heavy (non-hydrogen) atoms. The molecular weight excluding hydrogens is 298 g/mol. The van der Waals surface area contributed by atoms with Crippen LogP contribution in [0.4, 0.5) is 0 Å². The van der Waals surface area contributed by atoms with E-state index in [9.17, 15) is 4.79 Å². The summed E-state index contributed by atoms with van der Waals surface area (Å²) in [5.41, 5.74) is 3.40. The number of rotatable bonds is 4. The summed E-state index contributed by atoms with van der Waals surface area (Å²) in [6, 6.07) is 18.2. The summed E-state index contributed by atoms with van der Waals surface area (Å²) >= 11 is 0. The van der Waals surface area contributed by atoms with Crippen LogP contribution in [0.25, 0.3) is 6.08 Å². The fraction of sp³-hybridized carbons (Fsp3) is 0.286. The average molecular weight is 321 g/mol. The Labute approximate surface area is 143 Å². The summed E-state index contributed by atoms with van der Waals surface area (Å²) in [4.78, 5) is 14.5. The van der Waals surface area contributed by atoms with Crippen LogP contribution >= 0.6 is 0 Å². The lowest BCUT2D eigenvalue weighted by Crippen LogP contribution is -2.39. The van der Waals surface area contributed by atoms with Crippen LogP contribution in [0.15, 0.2) is 60.7 Å². The van der Waals surface area contributed by atoms with Crippen molar-refractivity contribution in [1.82, 2.24) is 4.90 Å². The number of hydrogen-bond donors (Lipinski definition) is 0. The van der Waals surface area contributed by atoms with Crippen molar-refractivity contribution < 1.29 is 9.53 Å². The smallest absolute Gasteiger partial charge is 0.331 e. The predicted octanol–water partition coefficient (Wildman–Crippen LogP) is 3.86. The van der Waals surface area contributed by atoms with Gasteiger partial charge in [0.2, 0.25) is 0 Å². The Hall–Kier alpha value is -2.39. The zero-order chi connectivity index (χ0) is 16.9. The average Bonchev–Trinajstić information content (AvgIpc) is 2.61. The standard InChI is InChI=1S/C21H23NO2/c1-22(2)19-14-13-17-10-6-7-11-18(17)21(19)24-20(23)15-12-16-8-4-3-5-9-16/h3-12,15,19,21H,13-14H2,1-2H3/b15-12+. The van der Waals surface area contributed by atoms with E-state index in [1.54, 1.807) is 6.08 Å². The molecule has 0 heterocycles. The molecule has 2 atom stereocenters. The van der Waals surface area contributed by atoms with Crippen molar-refractivity contribution >= 4 is 12.0 Å². The van der Waals surface area contributed by atoms with Gasteiger partial charge in [-0.15, -0.1) is 0 Å². The maximum absolute atomic E-state index is 12.3. The van der Waals surface area contributed by atoms with Crippen LogP contribution in [0.5, 0.6) is 0 Å². The molecule has 1 aliphatic carbocycles. The zero-order valence-corrected chi connectivity index (χ0v) is 14.2. The molecule has 0 aromatic heterocycles. The molecule has 2 aromatic rings. The Morgan fingerprint density at radius 2 is 1.79 bits per heavy atom. The van der Waals surface area contributed by atoms with Crippen molar-refractivity contribution in [3.63, 3.8) is 0 Å². The van der Waals surface area contributed by atoms with Gasteiger partial charge >= 0.3 is 5.97 Å². The minimum Gasteiger partial charge on any atom is -0.453 e. The number of esters is 1. The number of ether oxygens (including phenoxy) is 1. The second-order valence-electron chi connectivity index (χ2n) is 6.37. The maximum Gasteiger partial charge on any atom is 0.331 e. The fourth-order valence-corrected chi connectivity index (χ4v) is 3.27.